The quantitative estimate of drug-likeness (QED) is 0.618. The van der Waals surface area contributed by atoms with E-state index >= 15 is 0 Å². The lowest BCUT2D eigenvalue weighted by atomic mass is 9.96. The molecule has 0 amide bonds. The van der Waals surface area contributed by atoms with Gasteiger partial charge < -0.3 is 4.74 Å². The lowest BCUT2D eigenvalue weighted by Gasteiger charge is -2.15. The number of halogens is 1. The van der Waals surface area contributed by atoms with Gasteiger partial charge in [-0.15, -0.1) is 0 Å². The molecule has 0 aliphatic rings. The normalized spacial score (nSPS) is 12.0. The number of hydrogen-bond acceptors (Lipinski definition) is 3. The topological polar surface area (TPSA) is 43.4 Å². The van der Waals surface area contributed by atoms with Crippen LogP contribution >= 0.6 is 15.9 Å². The highest BCUT2D eigenvalue weighted by atomic mass is 79.9. The molecule has 3 nitrogen and oxygen atoms in total. The zero-order chi connectivity index (χ0) is 13.7. The summed E-state index contributed by atoms with van der Waals surface area (Å²) in [7, 11) is 0. The maximum atomic E-state index is 12.0. The van der Waals surface area contributed by atoms with Gasteiger partial charge in [-0.3, -0.25) is 4.79 Å². The summed E-state index contributed by atoms with van der Waals surface area (Å²) < 4.78 is 5.07. The van der Waals surface area contributed by atoms with E-state index in [2.05, 4.69) is 15.9 Å². The fraction of sp³-hybridized carbons (Fsp3) is 0.429. The van der Waals surface area contributed by atoms with Gasteiger partial charge in [-0.25, -0.2) is 4.79 Å². The smallest absolute Gasteiger partial charge is 0.338 e. The van der Waals surface area contributed by atoms with Crippen molar-refractivity contribution in [3.8, 4) is 0 Å². The predicted molar refractivity (Wildman–Crippen MR) is 74.1 cm³/mol. The highest BCUT2D eigenvalue weighted by Crippen LogP contribution is 2.29. The zero-order valence-electron chi connectivity index (χ0n) is 10.8. The molecule has 1 aromatic carbocycles. The molecule has 1 rings (SSSR count). The van der Waals surface area contributed by atoms with Gasteiger partial charge in [0.05, 0.1) is 17.0 Å². The minimum absolute atomic E-state index is 0.0335. The largest absolute Gasteiger partial charge is 0.462 e. The molecule has 0 heterocycles. The fourth-order valence-corrected chi connectivity index (χ4v) is 2.18. The van der Waals surface area contributed by atoms with Gasteiger partial charge in [0.2, 0.25) is 0 Å². The van der Waals surface area contributed by atoms with E-state index in [4.69, 9.17) is 4.74 Å². The van der Waals surface area contributed by atoms with Gasteiger partial charge in [-0.1, -0.05) is 41.1 Å². The fourth-order valence-electron chi connectivity index (χ4n) is 1.80. The van der Waals surface area contributed by atoms with Gasteiger partial charge in [0.1, 0.15) is 5.78 Å². The number of alkyl halides is 1. The molecular weight excluding hydrogens is 296 g/mol. The summed E-state index contributed by atoms with van der Waals surface area (Å²) in [5, 5.41) is 0. The van der Waals surface area contributed by atoms with Crippen molar-refractivity contribution in [3.05, 3.63) is 34.9 Å². The number of rotatable bonds is 5. The third-order valence-electron chi connectivity index (χ3n) is 2.67. The van der Waals surface area contributed by atoms with Crippen molar-refractivity contribution in [1.82, 2.24) is 0 Å². The first kappa shape index (κ1) is 14.9. The van der Waals surface area contributed by atoms with Crippen LogP contribution in [0.25, 0.3) is 0 Å². The average Bonchev–Trinajstić information content (AvgIpc) is 2.36. The highest BCUT2D eigenvalue weighted by Gasteiger charge is 2.23. The van der Waals surface area contributed by atoms with Gasteiger partial charge in [0.25, 0.3) is 0 Å². The third kappa shape index (κ3) is 3.19. The number of ether oxygens (including phenoxy) is 1. The number of benzene rings is 1. The molecule has 1 unspecified atom stereocenters. The van der Waals surface area contributed by atoms with Crippen LogP contribution in [0.4, 0.5) is 0 Å². The number of aryl methyl sites for hydroxylation is 1. The maximum Gasteiger partial charge on any atom is 0.338 e. The van der Waals surface area contributed by atoms with E-state index in [9.17, 15) is 9.59 Å². The van der Waals surface area contributed by atoms with Crippen molar-refractivity contribution in [2.24, 2.45) is 0 Å². The Morgan fingerprint density at radius 3 is 2.50 bits per heavy atom. The van der Waals surface area contributed by atoms with Crippen molar-refractivity contribution in [2.45, 2.75) is 32.0 Å². The molecule has 0 aliphatic heterocycles. The van der Waals surface area contributed by atoms with Crippen molar-refractivity contribution in [3.63, 3.8) is 0 Å². The molecular formula is C14H17BrO3. The molecule has 1 aromatic rings. The molecule has 0 saturated carbocycles. The molecule has 0 fully saturated rings. The molecule has 0 spiro atoms. The molecule has 0 bridgehead atoms. The van der Waals surface area contributed by atoms with Gasteiger partial charge in [-0.05, 0) is 31.4 Å². The van der Waals surface area contributed by atoms with Gasteiger partial charge >= 0.3 is 5.97 Å². The molecule has 0 aromatic heterocycles. The first-order valence-corrected chi connectivity index (χ1v) is 6.87. The Balaban J connectivity index is 3.33. The van der Waals surface area contributed by atoms with Crippen LogP contribution in [0.15, 0.2) is 18.2 Å². The standard InChI is InChI=1S/C14H17BrO3/c1-4-10-7-6-8-11(13(15)9(3)16)12(10)14(17)18-5-2/h6-8,13H,4-5H2,1-3H3. The molecule has 18 heavy (non-hydrogen) atoms. The second-order valence-electron chi connectivity index (χ2n) is 3.93. The van der Waals surface area contributed by atoms with E-state index in [-0.39, 0.29) is 11.8 Å². The van der Waals surface area contributed by atoms with Crippen LogP contribution in [0.5, 0.6) is 0 Å². The molecule has 4 heteroatoms. The van der Waals surface area contributed by atoms with Gasteiger partial charge in [0, 0.05) is 0 Å². The Hall–Kier alpha value is -1.16. The summed E-state index contributed by atoms with van der Waals surface area (Å²) in [4.78, 5) is 23.0. The Morgan fingerprint density at radius 2 is 2.00 bits per heavy atom. The Morgan fingerprint density at radius 1 is 1.33 bits per heavy atom. The molecule has 0 aliphatic carbocycles. The summed E-state index contributed by atoms with van der Waals surface area (Å²) >= 11 is 3.33. The molecule has 98 valence electrons. The molecule has 0 radical (unpaired) electrons. The number of esters is 1. The first-order chi connectivity index (χ1) is 8.52. The van der Waals surface area contributed by atoms with Crippen LogP contribution in [0.2, 0.25) is 0 Å². The predicted octanol–water partition coefficient (Wildman–Crippen LogP) is 3.45. The van der Waals surface area contributed by atoms with Crippen LogP contribution in [0, 0.1) is 0 Å². The minimum Gasteiger partial charge on any atom is -0.462 e. The van der Waals surface area contributed by atoms with E-state index in [1.807, 2.05) is 19.1 Å². The van der Waals surface area contributed by atoms with Gasteiger partial charge in [0.15, 0.2) is 0 Å². The molecule has 0 saturated heterocycles. The second kappa shape index (κ2) is 6.69. The summed E-state index contributed by atoms with van der Waals surface area (Å²) in [6.45, 7) is 5.55. The number of carbonyl (C=O) groups excluding carboxylic acids is 2. The Bertz CT molecular complexity index is 454. The van der Waals surface area contributed by atoms with Crippen LogP contribution in [-0.4, -0.2) is 18.4 Å². The number of Topliss-reactive ketones (excluding diaryl/α,β-unsaturated/α-hetero) is 1. The van der Waals surface area contributed by atoms with Crippen LogP contribution in [-0.2, 0) is 16.0 Å². The number of ketones is 1. The zero-order valence-corrected chi connectivity index (χ0v) is 12.4. The van der Waals surface area contributed by atoms with E-state index in [0.29, 0.717) is 17.7 Å². The van der Waals surface area contributed by atoms with Crippen molar-refractivity contribution < 1.29 is 14.3 Å². The third-order valence-corrected chi connectivity index (χ3v) is 3.81. The number of hydrogen-bond donors (Lipinski definition) is 0. The number of carbonyl (C=O) groups is 2. The van der Waals surface area contributed by atoms with E-state index in [0.717, 1.165) is 12.0 Å². The van der Waals surface area contributed by atoms with Gasteiger partial charge in [-0.2, -0.15) is 0 Å². The molecule has 1 atom stereocenters. The first-order valence-electron chi connectivity index (χ1n) is 5.96. The van der Waals surface area contributed by atoms with E-state index < -0.39 is 4.83 Å². The average molecular weight is 313 g/mol. The summed E-state index contributed by atoms with van der Waals surface area (Å²) in [5.41, 5.74) is 2.09. The summed E-state index contributed by atoms with van der Waals surface area (Å²) in [6, 6.07) is 5.52. The lowest BCUT2D eigenvalue weighted by Crippen LogP contribution is -2.14. The van der Waals surface area contributed by atoms with Crippen LogP contribution in [0.3, 0.4) is 0 Å². The van der Waals surface area contributed by atoms with Crippen molar-refractivity contribution >= 4 is 27.7 Å². The monoisotopic (exact) mass is 312 g/mol. The van der Waals surface area contributed by atoms with Crippen LogP contribution < -0.4 is 0 Å². The SMILES string of the molecule is CCOC(=O)c1c(CC)cccc1C(Br)C(C)=O. The second-order valence-corrected chi connectivity index (χ2v) is 4.84. The summed E-state index contributed by atoms with van der Waals surface area (Å²) in [6.07, 6.45) is 0.722. The van der Waals surface area contributed by atoms with Crippen molar-refractivity contribution in [2.75, 3.05) is 6.61 Å². The Labute approximate surface area is 116 Å². The van der Waals surface area contributed by atoms with Crippen molar-refractivity contribution in [1.29, 1.82) is 0 Å². The summed E-state index contributed by atoms with van der Waals surface area (Å²) in [5.74, 6) is -0.399. The van der Waals surface area contributed by atoms with E-state index in [1.165, 1.54) is 6.92 Å². The van der Waals surface area contributed by atoms with E-state index in [1.54, 1.807) is 13.0 Å². The Kier molecular flexibility index (Phi) is 5.54. The lowest BCUT2D eigenvalue weighted by molar-refractivity contribution is -0.116. The van der Waals surface area contributed by atoms with Crippen LogP contribution in [0.1, 0.15) is 47.1 Å². The highest BCUT2D eigenvalue weighted by molar-refractivity contribution is 9.09. The minimum atomic E-state index is -0.469. The molecule has 0 N–H and O–H groups in total. The maximum absolute atomic E-state index is 12.0.